The van der Waals surface area contributed by atoms with Crippen molar-refractivity contribution in [2.75, 3.05) is 0 Å². The predicted octanol–water partition coefficient (Wildman–Crippen LogP) is 3.39. The fourth-order valence-electron chi connectivity index (χ4n) is 1.26. The minimum Gasteiger partial charge on any atom is -0.305 e. The van der Waals surface area contributed by atoms with Crippen molar-refractivity contribution in [1.29, 1.82) is 0 Å². The molecule has 86 valence electrons. The third kappa shape index (κ3) is 4.51. The van der Waals surface area contributed by atoms with Crippen molar-refractivity contribution < 1.29 is 4.79 Å². The van der Waals surface area contributed by atoms with Crippen molar-refractivity contribution in [2.24, 2.45) is 0 Å². The molecule has 0 spiro atoms. The first kappa shape index (κ1) is 14.9. The van der Waals surface area contributed by atoms with Crippen LogP contribution in [-0.4, -0.2) is 17.9 Å². The second-order valence-electron chi connectivity index (χ2n) is 3.55. The lowest BCUT2D eigenvalue weighted by atomic mass is 10.1. The van der Waals surface area contributed by atoms with Crippen LogP contribution < -0.4 is 5.32 Å². The van der Waals surface area contributed by atoms with E-state index in [1.54, 1.807) is 11.4 Å². The first-order chi connectivity index (χ1) is 6.50. The molecule has 1 aromatic heterocycles. The SMILES string of the molecule is CC(C)NC(C)C(=O)c1csc(Cl)c1.Cl. The second-order valence-corrected chi connectivity index (χ2v) is 5.09. The Balaban J connectivity index is 0.00000196. The normalized spacial score (nSPS) is 12.3. The molecule has 1 heterocycles. The summed E-state index contributed by atoms with van der Waals surface area (Å²) in [5.41, 5.74) is 0.695. The molecule has 0 aliphatic rings. The molecule has 0 bridgehead atoms. The summed E-state index contributed by atoms with van der Waals surface area (Å²) in [5.74, 6) is 0.0989. The maximum absolute atomic E-state index is 11.8. The van der Waals surface area contributed by atoms with Crippen LogP contribution in [0.25, 0.3) is 0 Å². The monoisotopic (exact) mass is 267 g/mol. The van der Waals surface area contributed by atoms with Crippen molar-refractivity contribution >= 4 is 41.1 Å². The highest BCUT2D eigenvalue weighted by Crippen LogP contribution is 2.20. The molecule has 0 radical (unpaired) electrons. The molecule has 1 aromatic rings. The van der Waals surface area contributed by atoms with Gasteiger partial charge in [0.25, 0.3) is 0 Å². The van der Waals surface area contributed by atoms with Gasteiger partial charge >= 0.3 is 0 Å². The lowest BCUT2D eigenvalue weighted by molar-refractivity contribution is 0.0947. The molecule has 0 aliphatic carbocycles. The van der Waals surface area contributed by atoms with E-state index in [-0.39, 0.29) is 24.2 Å². The maximum atomic E-state index is 11.8. The second kappa shape index (κ2) is 6.48. The largest absolute Gasteiger partial charge is 0.305 e. The summed E-state index contributed by atoms with van der Waals surface area (Å²) in [7, 11) is 0. The van der Waals surface area contributed by atoms with E-state index < -0.39 is 0 Å². The van der Waals surface area contributed by atoms with Crippen molar-refractivity contribution in [3.63, 3.8) is 0 Å². The topological polar surface area (TPSA) is 29.1 Å². The Hall–Kier alpha value is -0.0900. The van der Waals surface area contributed by atoms with Gasteiger partial charge in [0.05, 0.1) is 10.4 Å². The molecule has 1 unspecified atom stereocenters. The number of hydrogen-bond acceptors (Lipinski definition) is 3. The smallest absolute Gasteiger partial charge is 0.180 e. The van der Waals surface area contributed by atoms with Crippen LogP contribution in [0.2, 0.25) is 4.34 Å². The van der Waals surface area contributed by atoms with Crippen molar-refractivity contribution in [3.05, 3.63) is 21.3 Å². The summed E-state index contributed by atoms with van der Waals surface area (Å²) >= 11 is 7.15. The molecule has 0 aromatic carbocycles. The molecule has 5 heteroatoms. The van der Waals surface area contributed by atoms with Gasteiger partial charge in [-0.25, -0.2) is 0 Å². The fourth-order valence-corrected chi connectivity index (χ4v) is 2.13. The highest BCUT2D eigenvalue weighted by molar-refractivity contribution is 7.14. The minimum absolute atomic E-state index is 0. The van der Waals surface area contributed by atoms with Crippen LogP contribution in [0.15, 0.2) is 11.4 Å². The average molecular weight is 268 g/mol. The number of carbonyl (C=O) groups is 1. The zero-order chi connectivity index (χ0) is 10.7. The lowest BCUT2D eigenvalue weighted by Crippen LogP contribution is -2.38. The molecule has 0 saturated carbocycles. The molecule has 0 amide bonds. The number of nitrogens with one attached hydrogen (secondary N) is 1. The van der Waals surface area contributed by atoms with Crippen LogP contribution in [0.4, 0.5) is 0 Å². The number of ketones is 1. The molecular weight excluding hydrogens is 253 g/mol. The Bertz CT molecular complexity index is 325. The van der Waals surface area contributed by atoms with E-state index in [4.69, 9.17) is 11.6 Å². The van der Waals surface area contributed by atoms with Gasteiger partial charge < -0.3 is 5.32 Å². The first-order valence-corrected chi connectivity index (χ1v) is 5.80. The van der Waals surface area contributed by atoms with Crippen LogP contribution in [0.3, 0.4) is 0 Å². The highest BCUT2D eigenvalue weighted by atomic mass is 35.5. The van der Waals surface area contributed by atoms with Gasteiger partial charge in [-0.3, -0.25) is 4.79 Å². The molecule has 1 rings (SSSR count). The Kier molecular flexibility index (Phi) is 6.44. The van der Waals surface area contributed by atoms with Crippen molar-refractivity contribution in [1.82, 2.24) is 5.32 Å². The van der Waals surface area contributed by atoms with Crippen LogP contribution in [-0.2, 0) is 0 Å². The lowest BCUT2D eigenvalue weighted by Gasteiger charge is -2.14. The summed E-state index contributed by atoms with van der Waals surface area (Å²) in [6, 6.07) is 1.87. The Morgan fingerprint density at radius 1 is 1.47 bits per heavy atom. The molecule has 0 aliphatic heterocycles. The maximum Gasteiger partial charge on any atom is 0.180 e. The standard InChI is InChI=1S/C10H14ClNOS.ClH/c1-6(2)12-7(3)10(13)8-4-9(11)14-5-8;/h4-7,12H,1-3H3;1H. The van der Waals surface area contributed by atoms with Crippen molar-refractivity contribution in [2.45, 2.75) is 32.9 Å². The number of rotatable bonds is 4. The molecule has 1 atom stereocenters. The molecule has 0 fully saturated rings. The molecular formula is C10H15Cl2NOS. The summed E-state index contributed by atoms with van der Waals surface area (Å²) in [5, 5.41) is 4.96. The third-order valence-corrected chi connectivity index (χ3v) is 2.92. The Morgan fingerprint density at radius 3 is 2.47 bits per heavy atom. The van der Waals surface area contributed by atoms with Gasteiger partial charge in [0.1, 0.15) is 0 Å². The van der Waals surface area contributed by atoms with Crippen LogP contribution in [0, 0.1) is 0 Å². The number of Topliss-reactive ketones (excluding diaryl/α,β-unsaturated/α-hetero) is 1. The quantitative estimate of drug-likeness (QED) is 0.848. The van der Waals surface area contributed by atoms with Crippen molar-refractivity contribution in [3.8, 4) is 0 Å². The zero-order valence-electron chi connectivity index (χ0n) is 8.91. The van der Waals surface area contributed by atoms with E-state index in [1.165, 1.54) is 11.3 Å². The van der Waals surface area contributed by atoms with Gasteiger partial charge in [0, 0.05) is 17.0 Å². The predicted molar refractivity (Wildman–Crippen MR) is 68.6 cm³/mol. The van der Waals surface area contributed by atoms with Crippen LogP contribution in [0.1, 0.15) is 31.1 Å². The fraction of sp³-hybridized carbons (Fsp3) is 0.500. The number of thiophene rings is 1. The summed E-state index contributed by atoms with van der Waals surface area (Å²) in [4.78, 5) is 11.8. The number of hydrogen-bond donors (Lipinski definition) is 1. The number of halogens is 2. The summed E-state index contributed by atoms with van der Waals surface area (Å²) < 4.78 is 0.657. The van der Waals surface area contributed by atoms with E-state index in [9.17, 15) is 4.79 Å². The Labute approximate surface area is 105 Å². The zero-order valence-corrected chi connectivity index (χ0v) is 11.3. The highest BCUT2D eigenvalue weighted by Gasteiger charge is 2.16. The van der Waals surface area contributed by atoms with E-state index in [0.29, 0.717) is 15.9 Å². The van der Waals surface area contributed by atoms with Crippen LogP contribution >= 0.6 is 35.3 Å². The van der Waals surface area contributed by atoms with Gasteiger partial charge in [0.15, 0.2) is 5.78 Å². The van der Waals surface area contributed by atoms with E-state index in [1.807, 2.05) is 20.8 Å². The average Bonchev–Trinajstić information content (AvgIpc) is 2.49. The Morgan fingerprint density at radius 2 is 2.07 bits per heavy atom. The van der Waals surface area contributed by atoms with Gasteiger partial charge in [-0.05, 0) is 13.0 Å². The van der Waals surface area contributed by atoms with E-state index in [0.717, 1.165) is 0 Å². The molecule has 15 heavy (non-hydrogen) atoms. The van der Waals surface area contributed by atoms with E-state index >= 15 is 0 Å². The third-order valence-electron chi connectivity index (χ3n) is 1.83. The number of carbonyl (C=O) groups excluding carboxylic acids is 1. The first-order valence-electron chi connectivity index (χ1n) is 4.55. The van der Waals surface area contributed by atoms with Gasteiger partial charge in [-0.15, -0.1) is 23.7 Å². The minimum atomic E-state index is -0.152. The van der Waals surface area contributed by atoms with Crippen LogP contribution in [0.5, 0.6) is 0 Å². The molecule has 1 N–H and O–H groups in total. The molecule has 0 saturated heterocycles. The summed E-state index contributed by atoms with van der Waals surface area (Å²) in [6.07, 6.45) is 0. The van der Waals surface area contributed by atoms with E-state index in [2.05, 4.69) is 5.32 Å². The molecule has 2 nitrogen and oxygen atoms in total. The summed E-state index contributed by atoms with van der Waals surface area (Å²) in [6.45, 7) is 5.91. The van der Waals surface area contributed by atoms with Gasteiger partial charge in [-0.2, -0.15) is 0 Å². The van der Waals surface area contributed by atoms with Gasteiger partial charge in [-0.1, -0.05) is 25.4 Å². The van der Waals surface area contributed by atoms with Gasteiger partial charge in [0.2, 0.25) is 0 Å².